The molecular formula is C15H14ClN3O2S2. The number of sulfonamides is 1. The SMILES string of the molecule is CC(C)c1csc2c(NS(=O)(=O)c3ccccc3Cl)ncnc12. The van der Waals surface area contributed by atoms with E-state index in [1.165, 1.54) is 29.8 Å². The number of anilines is 1. The Morgan fingerprint density at radius 2 is 1.96 bits per heavy atom. The number of fused-ring (bicyclic) bond motifs is 1. The molecule has 0 fully saturated rings. The van der Waals surface area contributed by atoms with Crippen molar-refractivity contribution in [3.8, 4) is 0 Å². The summed E-state index contributed by atoms with van der Waals surface area (Å²) in [6.45, 7) is 4.13. The first-order chi connectivity index (χ1) is 10.9. The second-order valence-electron chi connectivity index (χ2n) is 5.28. The predicted molar refractivity (Wildman–Crippen MR) is 93.8 cm³/mol. The van der Waals surface area contributed by atoms with Crippen molar-refractivity contribution in [3.63, 3.8) is 0 Å². The number of nitrogens with zero attached hydrogens (tertiary/aromatic N) is 2. The van der Waals surface area contributed by atoms with Gasteiger partial charge in [0, 0.05) is 0 Å². The third kappa shape index (κ3) is 3.04. The number of nitrogens with one attached hydrogen (secondary N) is 1. The molecule has 2 heterocycles. The van der Waals surface area contributed by atoms with Gasteiger partial charge in [0.25, 0.3) is 10.0 Å². The smallest absolute Gasteiger partial charge is 0.262 e. The van der Waals surface area contributed by atoms with E-state index in [4.69, 9.17) is 11.6 Å². The minimum atomic E-state index is -3.81. The van der Waals surface area contributed by atoms with E-state index < -0.39 is 10.0 Å². The molecule has 1 N–H and O–H groups in total. The van der Waals surface area contributed by atoms with Crippen LogP contribution in [-0.4, -0.2) is 18.4 Å². The van der Waals surface area contributed by atoms with E-state index in [2.05, 4.69) is 28.5 Å². The van der Waals surface area contributed by atoms with Crippen LogP contribution in [0.2, 0.25) is 5.02 Å². The van der Waals surface area contributed by atoms with Gasteiger partial charge in [-0.3, -0.25) is 4.72 Å². The van der Waals surface area contributed by atoms with E-state index >= 15 is 0 Å². The van der Waals surface area contributed by atoms with Crippen LogP contribution in [0.3, 0.4) is 0 Å². The maximum Gasteiger partial charge on any atom is 0.264 e. The van der Waals surface area contributed by atoms with E-state index in [9.17, 15) is 8.42 Å². The second kappa shape index (κ2) is 6.07. The molecule has 0 unspecified atom stereocenters. The van der Waals surface area contributed by atoms with E-state index in [-0.39, 0.29) is 15.7 Å². The highest BCUT2D eigenvalue weighted by molar-refractivity contribution is 7.92. The fourth-order valence-electron chi connectivity index (χ4n) is 2.20. The molecule has 3 aromatic rings. The molecule has 0 radical (unpaired) electrons. The Labute approximate surface area is 143 Å². The lowest BCUT2D eigenvalue weighted by Crippen LogP contribution is -2.14. The molecule has 0 aliphatic heterocycles. The Kier molecular flexibility index (Phi) is 4.27. The third-order valence-corrected chi connectivity index (χ3v) is 6.19. The fraction of sp³-hybridized carbons (Fsp3) is 0.200. The van der Waals surface area contributed by atoms with Crippen molar-refractivity contribution in [2.24, 2.45) is 0 Å². The Morgan fingerprint density at radius 3 is 2.65 bits per heavy atom. The van der Waals surface area contributed by atoms with Crippen LogP contribution < -0.4 is 4.72 Å². The number of hydrogen-bond acceptors (Lipinski definition) is 5. The Hall–Kier alpha value is -1.70. The van der Waals surface area contributed by atoms with Gasteiger partial charge in [-0.1, -0.05) is 37.6 Å². The lowest BCUT2D eigenvalue weighted by Gasteiger charge is -2.09. The maximum atomic E-state index is 12.6. The summed E-state index contributed by atoms with van der Waals surface area (Å²) in [6, 6.07) is 6.29. The molecule has 23 heavy (non-hydrogen) atoms. The molecule has 8 heteroatoms. The van der Waals surface area contributed by atoms with Gasteiger partial charge in [0.05, 0.1) is 15.2 Å². The summed E-state index contributed by atoms with van der Waals surface area (Å²) < 4.78 is 28.3. The third-order valence-electron chi connectivity index (χ3n) is 3.36. The van der Waals surface area contributed by atoms with Crippen molar-refractivity contribution < 1.29 is 8.42 Å². The Morgan fingerprint density at radius 1 is 1.22 bits per heavy atom. The summed E-state index contributed by atoms with van der Waals surface area (Å²) in [4.78, 5) is 8.39. The van der Waals surface area contributed by atoms with Crippen molar-refractivity contribution in [1.82, 2.24) is 9.97 Å². The first kappa shape index (κ1) is 16.2. The first-order valence-corrected chi connectivity index (χ1v) is 9.63. The molecule has 1 aromatic carbocycles. The molecule has 3 rings (SSSR count). The van der Waals surface area contributed by atoms with E-state index in [0.29, 0.717) is 10.6 Å². The standard InChI is InChI=1S/C15H14ClN3O2S2/c1-9(2)10-7-22-14-13(10)17-8-18-15(14)19-23(20,21)12-6-4-3-5-11(12)16/h3-9H,1-2H3,(H,17,18,19). The number of rotatable bonds is 4. The number of aromatic nitrogens is 2. The number of thiophene rings is 1. The predicted octanol–water partition coefficient (Wildman–Crippen LogP) is 4.27. The lowest BCUT2D eigenvalue weighted by molar-refractivity contribution is 0.601. The lowest BCUT2D eigenvalue weighted by atomic mass is 10.1. The van der Waals surface area contributed by atoms with Crippen molar-refractivity contribution in [1.29, 1.82) is 0 Å². The van der Waals surface area contributed by atoms with Crippen LogP contribution in [0.15, 0.2) is 40.9 Å². The molecule has 0 bridgehead atoms. The molecule has 0 atom stereocenters. The largest absolute Gasteiger partial charge is 0.264 e. The van der Waals surface area contributed by atoms with Gasteiger partial charge in [-0.05, 0) is 29.0 Å². The normalized spacial score (nSPS) is 12.0. The number of halogens is 1. The van der Waals surface area contributed by atoms with Crippen molar-refractivity contribution in [3.05, 3.63) is 46.6 Å². The highest BCUT2D eigenvalue weighted by Gasteiger charge is 2.21. The average molecular weight is 368 g/mol. The van der Waals surface area contributed by atoms with Crippen LogP contribution in [0.4, 0.5) is 5.82 Å². The molecule has 0 spiro atoms. The van der Waals surface area contributed by atoms with Gasteiger partial charge in [-0.25, -0.2) is 18.4 Å². The van der Waals surface area contributed by atoms with Gasteiger partial charge < -0.3 is 0 Å². The quantitative estimate of drug-likeness (QED) is 0.747. The zero-order valence-corrected chi connectivity index (χ0v) is 14.8. The highest BCUT2D eigenvalue weighted by Crippen LogP contribution is 2.34. The summed E-state index contributed by atoms with van der Waals surface area (Å²) in [5, 5.41) is 2.15. The second-order valence-corrected chi connectivity index (χ2v) is 8.22. The molecule has 5 nitrogen and oxygen atoms in total. The molecule has 2 aromatic heterocycles. The Balaban J connectivity index is 2.07. The molecule has 0 aliphatic rings. The minimum Gasteiger partial charge on any atom is -0.262 e. The molecule has 0 saturated heterocycles. The summed E-state index contributed by atoms with van der Waals surface area (Å²) in [5.74, 6) is 0.568. The molecule has 0 saturated carbocycles. The number of benzene rings is 1. The van der Waals surface area contributed by atoms with Crippen molar-refractivity contribution >= 4 is 49.0 Å². The van der Waals surface area contributed by atoms with E-state index in [1.807, 2.05) is 5.38 Å². The summed E-state index contributed by atoms with van der Waals surface area (Å²) >= 11 is 7.41. The monoisotopic (exact) mass is 367 g/mol. The average Bonchev–Trinajstić information content (AvgIpc) is 2.92. The van der Waals surface area contributed by atoms with Crippen molar-refractivity contribution in [2.45, 2.75) is 24.7 Å². The first-order valence-electron chi connectivity index (χ1n) is 6.89. The topological polar surface area (TPSA) is 72.0 Å². The van der Waals surface area contributed by atoms with Gasteiger partial charge >= 0.3 is 0 Å². The van der Waals surface area contributed by atoms with Crippen LogP contribution in [0.25, 0.3) is 10.2 Å². The van der Waals surface area contributed by atoms with Crippen LogP contribution in [-0.2, 0) is 10.0 Å². The van der Waals surface area contributed by atoms with E-state index in [0.717, 1.165) is 11.1 Å². The molecule has 120 valence electrons. The van der Waals surface area contributed by atoms with Crippen LogP contribution in [0, 0.1) is 0 Å². The van der Waals surface area contributed by atoms with Gasteiger partial charge in [0.1, 0.15) is 11.2 Å². The van der Waals surface area contributed by atoms with Crippen molar-refractivity contribution in [2.75, 3.05) is 4.72 Å². The van der Waals surface area contributed by atoms with Gasteiger partial charge in [0.2, 0.25) is 0 Å². The minimum absolute atomic E-state index is 0.0223. The summed E-state index contributed by atoms with van der Waals surface area (Å²) in [7, 11) is -3.81. The maximum absolute atomic E-state index is 12.6. The Bertz CT molecular complexity index is 968. The zero-order chi connectivity index (χ0) is 16.6. The zero-order valence-electron chi connectivity index (χ0n) is 12.4. The van der Waals surface area contributed by atoms with Gasteiger partial charge in [-0.15, -0.1) is 11.3 Å². The summed E-state index contributed by atoms with van der Waals surface area (Å²) in [6.07, 6.45) is 1.37. The fourth-order valence-corrected chi connectivity index (χ4v) is 4.93. The van der Waals surface area contributed by atoms with Gasteiger partial charge in [-0.2, -0.15) is 0 Å². The van der Waals surface area contributed by atoms with Gasteiger partial charge in [0.15, 0.2) is 5.82 Å². The number of hydrogen-bond donors (Lipinski definition) is 1. The van der Waals surface area contributed by atoms with Crippen LogP contribution >= 0.6 is 22.9 Å². The summed E-state index contributed by atoms with van der Waals surface area (Å²) in [5.41, 5.74) is 1.85. The molecule has 0 amide bonds. The van der Waals surface area contributed by atoms with E-state index in [1.54, 1.807) is 12.1 Å². The molecule has 0 aliphatic carbocycles. The van der Waals surface area contributed by atoms with Crippen LogP contribution in [0.5, 0.6) is 0 Å². The molecular weight excluding hydrogens is 354 g/mol. The highest BCUT2D eigenvalue weighted by atomic mass is 35.5. The van der Waals surface area contributed by atoms with Crippen LogP contribution in [0.1, 0.15) is 25.3 Å².